The van der Waals surface area contributed by atoms with E-state index in [2.05, 4.69) is 9.47 Å². The van der Waals surface area contributed by atoms with E-state index in [9.17, 15) is 20.2 Å². The maximum absolute atomic E-state index is 11.5. The number of hydrogen-bond donors (Lipinski definition) is 0. The highest BCUT2D eigenvalue weighted by molar-refractivity contribution is 5.42. The quantitative estimate of drug-likeness (QED) is 0.477. The number of hydrogen-bond acceptors (Lipinski definition) is 5. The predicted molar refractivity (Wildman–Crippen MR) is 107 cm³/mol. The van der Waals surface area contributed by atoms with Crippen LogP contribution < -0.4 is 0 Å². The summed E-state index contributed by atoms with van der Waals surface area (Å²) >= 11 is 0. The average Bonchev–Trinajstić information content (AvgIpc) is 3.09. The van der Waals surface area contributed by atoms with Crippen molar-refractivity contribution in [3.05, 3.63) is 104 Å². The zero-order chi connectivity index (χ0) is 20.4. The van der Waals surface area contributed by atoms with Crippen LogP contribution in [0.3, 0.4) is 0 Å². The number of aryl methyl sites for hydroxylation is 1. The first kappa shape index (κ1) is 18.8. The van der Waals surface area contributed by atoms with Crippen molar-refractivity contribution >= 4 is 11.4 Å². The van der Waals surface area contributed by atoms with Crippen LogP contribution in [0.4, 0.5) is 11.4 Å². The van der Waals surface area contributed by atoms with Crippen LogP contribution in [0.1, 0.15) is 29.3 Å². The monoisotopic (exact) mass is 392 g/mol. The van der Waals surface area contributed by atoms with Crippen molar-refractivity contribution in [1.82, 2.24) is 9.47 Å². The molecule has 8 nitrogen and oxygen atoms in total. The van der Waals surface area contributed by atoms with E-state index in [0.717, 1.165) is 30.8 Å². The molecule has 0 saturated carbocycles. The summed E-state index contributed by atoms with van der Waals surface area (Å²) in [5.74, 6) is 0. The van der Waals surface area contributed by atoms with Crippen molar-refractivity contribution in [2.45, 2.75) is 25.6 Å². The molecule has 0 aliphatic carbocycles. The van der Waals surface area contributed by atoms with Gasteiger partial charge in [-0.15, -0.1) is 0 Å². The first-order valence-corrected chi connectivity index (χ1v) is 9.40. The van der Waals surface area contributed by atoms with Gasteiger partial charge in [0.1, 0.15) is 0 Å². The SMILES string of the molecule is O=[N+]([O-])c1cccc([C@H]2c3cccn3CCCN2Cc2ccccc2[N+](=O)[O-])c1. The molecule has 2 heterocycles. The lowest BCUT2D eigenvalue weighted by atomic mass is 10.00. The molecule has 29 heavy (non-hydrogen) atoms. The van der Waals surface area contributed by atoms with Crippen LogP contribution in [0.25, 0.3) is 0 Å². The largest absolute Gasteiger partial charge is 0.350 e. The minimum atomic E-state index is -0.397. The molecule has 1 aliphatic rings. The Morgan fingerprint density at radius 1 is 0.931 bits per heavy atom. The number of fused-ring (bicyclic) bond motifs is 1. The molecule has 8 heteroatoms. The lowest BCUT2D eigenvalue weighted by molar-refractivity contribution is -0.385. The number of rotatable bonds is 5. The van der Waals surface area contributed by atoms with Gasteiger partial charge < -0.3 is 4.57 Å². The fraction of sp³-hybridized carbons (Fsp3) is 0.238. The Labute approximate surface area is 167 Å². The third-order valence-electron chi connectivity index (χ3n) is 5.31. The molecule has 1 atom stereocenters. The van der Waals surface area contributed by atoms with Crippen LogP contribution in [0.2, 0.25) is 0 Å². The normalized spacial score (nSPS) is 16.8. The third kappa shape index (κ3) is 3.74. The highest BCUT2D eigenvalue weighted by Crippen LogP contribution is 2.35. The summed E-state index contributed by atoms with van der Waals surface area (Å²) in [6.07, 6.45) is 2.89. The zero-order valence-corrected chi connectivity index (χ0v) is 15.7. The standard InChI is InChI=1S/C21H20N4O4/c26-24(27)18-8-3-7-16(14-18)21-20-10-4-11-22(20)12-5-13-23(21)15-17-6-1-2-9-19(17)25(28)29/h1-4,6-11,14,21H,5,12-13,15H2/t21-/m0/s1. The van der Waals surface area contributed by atoms with Crippen molar-refractivity contribution < 1.29 is 9.85 Å². The number of aromatic nitrogens is 1. The molecule has 0 fully saturated rings. The lowest BCUT2D eigenvalue weighted by Gasteiger charge is -2.30. The average molecular weight is 392 g/mol. The molecule has 3 aromatic rings. The van der Waals surface area contributed by atoms with E-state index >= 15 is 0 Å². The minimum absolute atomic E-state index is 0.0375. The molecule has 0 radical (unpaired) electrons. The van der Waals surface area contributed by atoms with Gasteiger partial charge in [0.2, 0.25) is 0 Å². The van der Waals surface area contributed by atoms with Crippen molar-refractivity contribution in [3.63, 3.8) is 0 Å². The molecule has 0 bridgehead atoms. The van der Waals surface area contributed by atoms with Crippen LogP contribution in [0.15, 0.2) is 66.9 Å². The first-order valence-electron chi connectivity index (χ1n) is 9.40. The number of para-hydroxylation sites is 1. The predicted octanol–water partition coefficient (Wildman–Crippen LogP) is 4.30. The Bertz CT molecular complexity index is 1060. The second-order valence-electron chi connectivity index (χ2n) is 7.09. The van der Waals surface area contributed by atoms with E-state index in [0.29, 0.717) is 12.1 Å². The fourth-order valence-corrected chi connectivity index (χ4v) is 4.04. The van der Waals surface area contributed by atoms with Gasteiger partial charge >= 0.3 is 0 Å². The van der Waals surface area contributed by atoms with Gasteiger partial charge in [0.15, 0.2) is 0 Å². The van der Waals surface area contributed by atoms with Gasteiger partial charge in [-0.05, 0) is 24.1 Å². The van der Waals surface area contributed by atoms with E-state index in [1.165, 1.54) is 12.1 Å². The summed E-state index contributed by atoms with van der Waals surface area (Å²) in [5, 5.41) is 22.8. The van der Waals surface area contributed by atoms with Gasteiger partial charge in [-0.25, -0.2) is 0 Å². The van der Waals surface area contributed by atoms with E-state index in [1.54, 1.807) is 30.3 Å². The Hall–Kier alpha value is -3.52. The highest BCUT2D eigenvalue weighted by atomic mass is 16.6. The van der Waals surface area contributed by atoms with Crippen molar-refractivity contribution in [1.29, 1.82) is 0 Å². The Kier molecular flexibility index (Phi) is 5.09. The summed E-state index contributed by atoms with van der Waals surface area (Å²) < 4.78 is 2.16. The smallest absolute Gasteiger partial charge is 0.273 e. The van der Waals surface area contributed by atoms with Gasteiger partial charge in [-0.1, -0.05) is 30.3 Å². The molecule has 0 N–H and O–H groups in total. The molecule has 0 saturated heterocycles. The number of benzene rings is 2. The second kappa shape index (κ2) is 7.84. The summed E-state index contributed by atoms with van der Waals surface area (Å²) in [4.78, 5) is 24.2. The first-order chi connectivity index (χ1) is 14.0. The Morgan fingerprint density at radius 2 is 1.76 bits per heavy atom. The zero-order valence-electron chi connectivity index (χ0n) is 15.7. The molecule has 0 unspecified atom stereocenters. The molecule has 4 rings (SSSR count). The van der Waals surface area contributed by atoms with Crippen molar-refractivity contribution in [3.8, 4) is 0 Å². The van der Waals surface area contributed by atoms with Crippen LogP contribution in [0, 0.1) is 20.2 Å². The Morgan fingerprint density at radius 3 is 2.55 bits per heavy atom. The summed E-state index contributed by atoms with van der Waals surface area (Å²) in [6, 6.07) is 17.1. The summed E-state index contributed by atoms with van der Waals surface area (Å²) in [7, 11) is 0. The van der Waals surface area contributed by atoms with Gasteiger partial charge in [-0.2, -0.15) is 0 Å². The maximum Gasteiger partial charge on any atom is 0.273 e. The molecule has 0 amide bonds. The van der Waals surface area contributed by atoms with E-state index in [4.69, 9.17) is 0 Å². The topological polar surface area (TPSA) is 94.5 Å². The molecule has 1 aromatic heterocycles. The molecule has 2 aromatic carbocycles. The third-order valence-corrected chi connectivity index (χ3v) is 5.31. The minimum Gasteiger partial charge on any atom is -0.350 e. The van der Waals surface area contributed by atoms with Gasteiger partial charge in [0.05, 0.1) is 15.9 Å². The number of nitro benzene ring substituents is 2. The highest BCUT2D eigenvalue weighted by Gasteiger charge is 2.29. The second-order valence-corrected chi connectivity index (χ2v) is 7.09. The number of non-ortho nitro benzene ring substituents is 1. The van der Waals surface area contributed by atoms with Gasteiger partial charge in [0.25, 0.3) is 11.4 Å². The molecule has 0 spiro atoms. The molecular weight excluding hydrogens is 372 g/mol. The van der Waals surface area contributed by atoms with Crippen molar-refractivity contribution in [2.75, 3.05) is 6.54 Å². The van der Waals surface area contributed by atoms with E-state index in [-0.39, 0.29) is 22.3 Å². The van der Waals surface area contributed by atoms with Crippen LogP contribution in [0.5, 0.6) is 0 Å². The molecule has 1 aliphatic heterocycles. The molecular formula is C21H20N4O4. The Balaban J connectivity index is 1.79. The summed E-state index contributed by atoms with van der Waals surface area (Å²) in [5.41, 5.74) is 2.59. The van der Waals surface area contributed by atoms with Crippen LogP contribution >= 0.6 is 0 Å². The lowest BCUT2D eigenvalue weighted by Crippen LogP contribution is -2.29. The van der Waals surface area contributed by atoms with Gasteiger partial charge in [-0.3, -0.25) is 25.1 Å². The maximum atomic E-state index is 11.5. The van der Waals surface area contributed by atoms with Crippen molar-refractivity contribution in [2.24, 2.45) is 0 Å². The fourth-order valence-electron chi connectivity index (χ4n) is 4.04. The number of nitro groups is 2. The van der Waals surface area contributed by atoms with Gasteiger partial charge in [0, 0.05) is 55.3 Å². The van der Waals surface area contributed by atoms with E-state index in [1.807, 2.05) is 24.4 Å². The molecule has 148 valence electrons. The van der Waals surface area contributed by atoms with Crippen LogP contribution in [-0.2, 0) is 13.1 Å². The number of nitrogens with zero attached hydrogens (tertiary/aromatic N) is 4. The summed E-state index contributed by atoms with van der Waals surface area (Å²) in [6.45, 7) is 1.94. The van der Waals surface area contributed by atoms with E-state index < -0.39 is 4.92 Å². The van der Waals surface area contributed by atoms with Crippen LogP contribution in [-0.4, -0.2) is 25.9 Å².